The summed E-state index contributed by atoms with van der Waals surface area (Å²) in [6.07, 6.45) is -0.0136. The lowest BCUT2D eigenvalue weighted by molar-refractivity contribution is -0.141. The number of benzene rings is 3. The van der Waals surface area contributed by atoms with Gasteiger partial charge < -0.3 is 4.74 Å². The van der Waals surface area contributed by atoms with Gasteiger partial charge in [0.1, 0.15) is 11.6 Å². The number of halogens is 2. The van der Waals surface area contributed by atoms with Gasteiger partial charge in [0.25, 0.3) is 0 Å². The van der Waals surface area contributed by atoms with Crippen molar-refractivity contribution in [1.29, 1.82) is 0 Å². The lowest BCUT2D eigenvalue weighted by atomic mass is 10.0. The molecule has 3 aromatic carbocycles. The van der Waals surface area contributed by atoms with E-state index in [1.54, 1.807) is 6.07 Å². The SMILES string of the molecule is O=C(Cc1cccc2ccccc12)OCC(=O)c1cc(F)ccc1F. The molecule has 0 aliphatic heterocycles. The van der Waals surface area contributed by atoms with E-state index in [1.807, 2.05) is 36.4 Å². The Hall–Kier alpha value is -3.08. The van der Waals surface area contributed by atoms with Crippen molar-refractivity contribution in [2.45, 2.75) is 6.42 Å². The standard InChI is InChI=1S/C20H14F2O3/c21-15-8-9-18(22)17(11-15)19(23)12-25-20(24)10-14-6-3-5-13-4-1-2-7-16(13)14/h1-9,11H,10,12H2. The second kappa shape index (κ2) is 7.21. The van der Waals surface area contributed by atoms with Crippen molar-refractivity contribution in [3.8, 4) is 0 Å². The third-order valence-corrected chi connectivity index (χ3v) is 3.81. The molecule has 3 rings (SSSR count). The number of hydrogen-bond donors (Lipinski definition) is 0. The second-order valence-corrected chi connectivity index (χ2v) is 5.52. The Morgan fingerprint density at radius 1 is 0.920 bits per heavy atom. The number of esters is 1. The molecule has 0 aliphatic rings. The van der Waals surface area contributed by atoms with Crippen LogP contribution in [0.1, 0.15) is 15.9 Å². The molecule has 3 nitrogen and oxygen atoms in total. The van der Waals surface area contributed by atoms with Crippen LogP contribution in [0.2, 0.25) is 0 Å². The van der Waals surface area contributed by atoms with Crippen molar-refractivity contribution in [1.82, 2.24) is 0 Å². The summed E-state index contributed by atoms with van der Waals surface area (Å²) in [5.74, 6) is -2.98. The Balaban J connectivity index is 1.66. The summed E-state index contributed by atoms with van der Waals surface area (Å²) in [4.78, 5) is 23.9. The number of rotatable bonds is 5. The Bertz CT molecular complexity index is 945. The number of ketones is 1. The predicted octanol–water partition coefficient (Wildman–Crippen LogP) is 4.09. The van der Waals surface area contributed by atoms with Crippen molar-refractivity contribution in [3.05, 3.63) is 83.4 Å². The maximum Gasteiger partial charge on any atom is 0.310 e. The molecule has 0 fully saturated rings. The normalized spacial score (nSPS) is 10.6. The van der Waals surface area contributed by atoms with Gasteiger partial charge in [-0.1, -0.05) is 42.5 Å². The molecule has 0 saturated heterocycles. The first kappa shape index (κ1) is 16.8. The van der Waals surface area contributed by atoms with E-state index in [9.17, 15) is 18.4 Å². The Morgan fingerprint density at radius 3 is 2.52 bits per heavy atom. The van der Waals surface area contributed by atoms with Gasteiger partial charge in [-0.2, -0.15) is 0 Å². The fourth-order valence-corrected chi connectivity index (χ4v) is 2.59. The van der Waals surface area contributed by atoms with Crippen molar-refractivity contribution in [3.63, 3.8) is 0 Å². The third-order valence-electron chi connectivity index (χ3n) is 3.81. The van der Waals surface area contributed by atoms with Crippen LogP contribution in [-0.4, -0.2) is 18.4 Å². The van der Waals surface area contributed by atoms with Gasteiger partial charge in [-0.25, -0.2) is 8.78 Å². The van der Waals surface area contributed by atoms with Gasteiger partial charge in [0.05, 0.1) is 12.0 Å². The first-order chi connectivity index (χ1) is 12.0. The molecular formula is C20H14F2O3. The first-order valence-electron chi connectivity index (χ1n) is 7.65. The molecule has 0 saturated carbocycles. The number of ether oxygens (including phenoxy) is 1. The number of fused-ring (bicyclic) bond motifs is 1. The molecule has 0 amide bonds. The molecular weight excluding hydrogens is 326 g/mol. The molecule has 0 N–H and O–H groups in total. The minimum atomic E-state index is -0.850. The molecule has 5 heteroatoms. The monoisotopic (exact) mass is 340 g/mol. The van der Waals surface area contributed by atoms with Crippen molar-refractivity contribution in [2.24, 2.45) is 0 Å². The van der Waals surface area contributed by atoms with Crippen LogP contribution in [-0.2, 0) is 16.0 Å². The summed E-state index contributed by atoms with van der Waals surface area (Å²) < 4.78 is 31.6. The maximum absolute atomic E-state index is 13.5. The van der Waals surface area contributed by atoms with Crippen LogP contribution in [0.5, 0.6) is 0 Å². The molecule has 0 aliphatic carbocycles. The predicted molar refractivity (Wildman–Crippen MR) is 89.3 cm³/mol. The first-order valence-corrected chi connectivity index (χ1v) is 7.65. The van der Waals surface area contributed by atoms with E-state index in [0.717, 1.165) is 34.5 Å². The average Bonchev–Trinajstić information content (AvgIpc) is 2.62. The van der Waals surface area contributed by atoms with Gasteiger partial charge in [0.2, 0.25) is 5.78 Å². The molecule has 126 valence electrons. The van der Waals surface area contributed by atoms with E-state index in [2.05, 4.69) is 0 Å². The largest absolute Gasteiger partial charge is 0.457 e. The van der Waals surface area contributed by atoms with E-state index in [0.29, 0.717) is 0 Å². The van der Waals surface area contributed by atoms with E-state index in [1.165, 1.54) is 0 Å². The van der Waals surface area contributed by atoms with Gasteiger partial charge in [0.15, 0.2) is 6.61 Å². The highest BCUT2D eigenvalue weighted by Crippen LogP contribution is 2.19. The molecule has 0 atom stereocenters. The number of carbonyl (C=O) groups excluding carboxylic acids is 2. The summed E-state index contributed by atoms with van der Waals surface area (Å²) in [5, 5.41) is 1.91. The smallest absolute Gasteiger partial charge is 0.310 e. The number of Topliss-reactive ketones (excluding diaryl/α,β-unsaturated/α-hetero) is 1. The molecule has 0 spiro atoms. The lowest BCUT2D eigenvalue weighted by Gasteiger charge is -2.08. The van der Waals surface area contributed by atoms with Gasteiger partial charge in [-0.05, 0) is 34.5 Å². The molecule has 0 aromatic heterocycles. The van der Waals surface area contributed by atoms with Crippen LogP contribution in [0.15, 0.2) is 60.7 Å². The molecule has 3 aromatic rings. The van der Waals surface area contributed by atoms with Gasteiger partial charge in [-0.3, -0.25) is 9.59 Å². The highest BCUT2D eigenvalue weighted by atomic mass is 19.1. The fourth-order valence-electron chi connectivity index (χ4n) is 2.59. The van der Waals surface area contributed by atoms with E-state index >= 15 is 0 Å². The second-order valence-electron chi connectivity index (χ2n) is 5.52. The zero-order valence-electron chi connectivity index (χ0n) is 13.2. The van der Waals surface area contributed by atoms with E-state index in [4.69, 9.17) is 4.74 Å². The van der Waals surface area contributed by atoms with Crippen LogP contribution in [0.25, 0.3) is 10.8 Å². The zero-order valence-corrected chi connectivity index (χ0v) is 13.2. The molecule has 25 heavy (non-hydrogen) atoms. The molecule has 0 radical (unpaired) electrons. The topological polar surface area (TPSA) is 43.4 Å². The quantitative estimate of drug-likeness (QED) is 0.519. The number of hydrogen-bond acceptors (Lipinski definition) is 3. The Morgan fingerprint density at radius 2 is 1.68 bits per heavy atom. The highest BCUT2D eigenvalue weighted by Gasteiger charge is 2.16. The van der Waals surface area contributed by atoms with Gasteiger partial charge >= 0.3 is 5.97 Å². The van der Waals surface area contributed by atoms with Crippen LogP contribution >= 0.6 is 0 Å². The van der Waals surface area contributed by atoms with Crippen molar-refractivity contribution >= 4 is 22.5 Å². The third kappa shape index (κ3) is 3.88. The molecule has 0 bridgehead atoms. The highest BCUT2D eigenvalue weighted by molar-refractivity contribution is 5.98. The van der Waals surface area contributed by atoms with Crippen LogP contribution in [0, 0.1) is 11.6 Å². The Labute approximate surface area is 142 Å². The average molecular weight is 340 g/mol. The lowest BCUT2D eigenvalue weighted by Crippen LogP contribution is -2.17. The summed E-state index contributed by atoms with van der Waals surface area (Å²) in [5.41, 5.74) is 0.338. The Kier molecular flexibility index (Phi) is 4.84. The summed E-state index contributed by atoms with van der Waals surface area (Å²) >= 11 is 0. The zero-order chi connectivity index (χ0) is 17.8. The van der Waals surface area contributed by atoms with Crippen LogP contribution in [0.3, 0.4) is 0 Å². The van der Waals surface area contributed by atoms with Crippen LogP contribution in [0.4, 0.5) is 8.78 Å². The minimum absolute atomic E-state index is 0.0136. The maximum atomic E-state index is 13.5. The van der Waals surface area contributed by atoms with Gasteiger partial charge in [-0.15, -0.1) is 0 Å². The fraction of sp³-hybridized carbons (Fsp3) is 0.100. The van der Waals surface area contributed by atoms with E-state index in [-0.39, 0.29) is 6.42 Å². The summed E-state index contributed by atoms with van der Waals surface area (Å²) in [7, 11) is 0. The number of carbonyl (C=O) groups is 2. The van der Waals surface area contributed by atoms with E-state index < -0.39 is 35.6 Å². The molecule has 0 heterocycles. The summed E-state index contributed by atoms with van der Waals surface area (Å²) in [6, 6.07) is 15.7. The minimum Gasteiger partial charge on any atom is -0.457 e. The van der Waals surface area contributed by atoms with Crippen molar-refractivity contribution < 1.29 is 23.1 Å². The van der Waals surface area contributed by atoms with Crippen molar-refractivity contribution in [2.75, 3.05) is 6.61 Å². The summed E-state index contributed by atoms with van der Waals surface area (Å²) in [6.45, 7) is -0.635. The van der Waals surface area contributed by atoms with Crippen LogP contribution < -0.4 is 0 Å². The van der Waals surface area contributed by atoms with Gasteiger partial charge in [0, 0.05) is 0 Å². The molecule has 0 unspecified atom stereocenters.